The third-order valence-corrected chi connectivity index (χ3v) is 6.07. The first-order chi connectivity index (χ1) is 13.2. The molecule has 2 amide bonds. The lowest BCUT2D eigenvalue weighted by Gasteiger charge is -2.14. The summed E-state index contributed by atoms with van der Waals surface area (Å²) in [5.41, 5.74) is 1.29. The zero-order valence-corrected chi connectivity index (χ0v) is 17.0. The molecule has 0 bridgehead atoms. The van der Waals surface area contributed by atoms with Gasteiger partial charge < -0.3 is 10.6 Å². The van der Waals surface area contributed by atoms with E-state index in [0.717, 1.165) is 9.87 Å². The Morgan fingerprint density at radius 2 is 1.68 bits per heavy atom. The van der Waals surface area contributed by atoms with Crippen molar-refractivity contribution in [1.82, 2.24) is 14.9 Å². The third kappa shape index (κ3) is 5.64. The lowest BCUT2D eigenvalue weighted by molar-refractivity contribution is -0.120. The van der Waals surface area contributed by atoms with E-state index in [2.05, 4.69) is 10.6 Å². The zero-order chi connectivity index (χ0) is 20.7. The summed E-state index contributed by atoms with van der Waals surface area (Å²) in [7, 11) is -0.796. The summed E-state index contributed by atoms with van der Waals surface area (Å²) < 4.78 is 25.4. The van der Waals surface area contributed by atoms with Gasteiger partial charge in [0, 0.05) is 26.2 Å². The average Bonchev–Trinajstić information content (AvgIpc) is 2.70. The van der Waals surface area contributed by atoms with Crippen LogP contribution < -0.4 is 10.6 Å². The number of rotatable bonds is 8. The smallest absolute Gasteiger partial charge is 0.251 e. The van der Waals surface area contributed by atoms with Crippen LogP contribution in [0.4, 0.5) is 0 Å². The average molecular weight is 404 g/mol. The highest BCUT2D eigenvalue weighted by Gasteiger charge is 2.19. The molecular weight excluding hydrogens is 378 g/mol. The first kappa shape index (κ1) is 21.6. The predicted molar refractivity (Wildman–Crippen MR) is 108 cm³/mol. The van der Waals surface area contributed by atoms with Crippen molar-refractivity contribution in [3.63, 3.8) is 0 Å². The molecule has 150 valence electrons. The quantitative estimate of drug-likeness (QED) is 0.700. The predicted octanol–water partition coefficient (Wildman–Crippen LogP) is 1.59. The number of benzene rings is 2. The summed E-state index contributed by atoms with van der Waals surface area (Å²) in [5.74, 6) is -0.677. The second-order valence-electron chi connectivity index (χ2n) is 6.61. The Labute approximate surface area is 165 Å². The molecule has 8 heteroatoms. The van der Waals surface area contributed by atoms with Crippen molar-refractivity contribution in [2.45, 2.75) is 17.7 Å². The van der Waals surface area contributed by atoms with E-state index < -0.39 is 15.9 Å². The van der Waals surface area contributed by atoms with Crippen molar-refractivity contribution in [3.05, 3.63) is 65.7 Å². The number of sulfonamides is 1. The molecule has 2 rings (SSSR count). The maximum atomic E-state index is 12.3. The largest absolute Gasteiger partial charge is 0.354 e. The van der Waals surface area contributed by atoms with E-state index in [9.17, 15) is 18.0 Å². The Morgan fingerprint density at radius 1 is 1.00 bits per heavy atom. The first-order valence-electron chi connectivity index (χ1n) is 8.84. The van der Waals surface area contributed by atoms with Crippen molar-refractivity contribution in [3.8, 4) is 0 Å². The normalized spacial score (nSPS) is 12.4. The molecule has 28 heavy (non-hydrogen) atoms. The van der Waals surface area contributed by atoms with Gasteiger partial charge in [-0.25, -0.2) is 12.7 Å². The van der Waals surface area contributed by atoms with Crippen LogP contribution in [0.3, 0.4) is 0 Å². The minimum absolute atomic E-state index is 0.0197. The lowest BCUT2D eigenvalue weighted by atomic mass is 10.0. The molecule has 0 fully saturated rings. The first-order valence-corrected chi connectivity index (χ1v) is 10.3. The van der Waals surface area contributed by atoms with Crippen LogP contribution in [0.15, 0.2) is 59.5 Å². The number of nitrogens with zero attached hydrogens (tertiary/aromatic N) is 1. The van der Waals surface area contributed by atoms with Gasteiger partial charge in [0.2, 0.25) is 15.9 Å². The van der Waals surface area contributed by atoms with Gasteiger partial charge >= 0.3 is 0 Å². The Balaban J connectivity index is 1.89. The van der Waals surface area contributed by atoms with Crippen LogP contribution in [-0.2, 0) is 14.8 Å². The van der Waals surface area contributed by atoms with E-state index in [-0.39, 0.29) is 28.8 Å². The molecular formula is C20H25N3O4S. The van der Waals surface area contributed by atoms with Gasteiger partial charge in [-0.05, 0) is 29.7 Å². The van der Waals surface area contributed by atoms with E-state index in [1.165, 1.54) is 38.4 Å². The van der Waals surface area contributed by atoms with Crippen LogP contribution in [0.2, 0.25) is 0 Å². The summed E-state index contributed by atoms with van der Waals surface area (Å²) >= 11 is 0. The Bertz CT molecular complexity index is 927. The van der Waals surface area contributed by atoms with Crippen molar-refractivity contribution in [2.75, 3.05) is 27.2 Å². The number of nitrogens with one attached hydrogen (secondary N) is 2. The lowest BCUT2D eigenvalue weighted by Crippen LogP contribution is -2.38. The van der Waals surface area contributed by atoms with E-state index in [4.69, 9.17) is 0 Å². The highest BCUT2D eigenvalue weighted by molar-refractivity contribution is 7.89. The second-order valence-corrected chi connectivity index (χ2v) is 8.77. The van der Waals surface area contributed by atoms with Gasteiger partial charge in [0.1, 0.15) is 0 Å². The molecule has 2 aromatic carbocycles. The third-order valence-electron chi connectivity index (χ3n) is 4.26. The number of hydrogen-bond acceptors (Lipinski definition) is 4. The summed E-state index contributed by atoms with van der Waals surface area (Å²) in [5, 5.41) is 5.29. The molecule has 2 aromatic rings. The number of amides is 2. The maximum absolute atomic E-state index is 12.3. The molecule has 0 aliphatic carbocycles. The van der Waals surface area contributed by atoms with E-state index >= 15 is 0 Å². The highest BCUT2D eigenvalue weighted by atomic mass is 32.2. The van der Waals surface area contributed by atoms with Crippen molar-refractivity contribution >= 4 is 21.8 Å². The maximum Gasteiger partial charge on any atom is 0.251 e. The Morgan fingerprint density at radius 3 is 2.32 bits per heavy atom. The standard InChI is InChI=1S/C20H25N3O4S/c1-15(16-8-5-4-6-9-16)13-21-19(24)14-22-20(25)17-10-7-11-18(12-17)28(26,27)23(2)3/h4-12,15H,13-14H2,1-3H3,(H,21,24)(H,22,25)/t15-/m0/s1. The zero-order valence-electron chi connectivity index (χ0n) is 16.2. The Hall–Kier alpha value is -2.71. The SMILES string of the molecule is C[C@@H](CNC(=O)CNC(=O)c1cccc(S(=O)(=O)N(C)C)c1)c1ccccc1. The summed E-state index contributed by atoms with van der Waals surface area (Å²) in [6.07, 6.45) is 0. The van der Waals surface area contributed by atoms with Gasteiger partial charge in [0.25, 0.3) is 5.91 Å². The van der Waals surface area contributed by atoms with Crippen LogP contribution >= 0.6 is 0 Å². The molecule has 0 spiro atoms. The highest BCUT2D eigenvalue weighted by Crippen LogP contribution is 2.15. The van der Waals surface area contributed by atoms with Gasteiger partial charge in [-0.3, -0.25) is 9.59 Å². The van der Waals surface area contributed by atoms with Crippen molar-refractivity contribution in [1.29, 1.82) is 0 Å². The Kier molecular flexibility index (Phi) is 7.31. The summed E-state index contributed by atoms with van der Waals surface area (Å²) in [4.78, 5) is 24.3. The number of carbonyl (C=O) groups excluding carboxylic acids is 2. The monoisotopic (exact) mass is 403 g/mol. The molecule has 0 unspecified atom stereocenters. The topological polar surface area (TPSA) is 95.6 Å². The van der Waals surface area contributed by atoms with Crippen LogP contribution in [0.5, 0.6) is 0 Å². The number of carbonyl (C=O) groups is 2. The summed E-state index contributed by atoms with van der Waals surface area (Å²) in [6, 6.07) is 15.5. The molecule has 1 atom stereocenters. The minimum atomic E-state index is -3.63. The second kappa shape index (κ2) is 9.48. The fourth-order valence-electron chi connectivity index (χ4n) is 2.50. The van der Waals surface area contributed by atoms with Crippen LogP contribution in [0, 0.1) is 0 Å². The molecule has 0 saturated heterocycles. The van der Waals surface area contributed by atoms with E-state index in [0.29, 0.717) is 6.54 Å². The van der Waals surface area contributed by atoms with E-state index in [1.807, 2.05) is 37.3 Å². The fraction of sp³-hybridized carbons (Fsp3) is 0.300. The van der Waals surface area contributed by atoms with Crippen LogP contribution in [0.1, 0.15) is 28.8 Å². The molecule has 2 N–H and O–H groups in total. The van der Waals surface area contributed by atoms with E-state index in [1.54, 1.807) is 0 Å². The molecule has 0 aliphatic rings. The van der Waals surface area contributed by atoms with Gasteiger partial charge in [-0.2, -0.15) is 0 Å². The van der Waals surface area contributed by atoms with Gasteiger partial charge in [-0.15, -0.1) is 0 Å². The molecule has 0 aromatic heterocycles. The van der Waals surface area contributed by atoms with Crippen LogP contribution in [-0.4, -0.2) is 51.7 Å². The molecule has 0 saturated carbocycles. The van der Waals surface area contributed by atoms with Crippen molar-refractivity contribution < 1.29 is 18.0 Å². The fourth-order valence-corrected chi connectivity index (χ4v) is 3.45. The summed E-state index contributed by atoms with van der Waals surface area (Å²) in [6.45, 7) is 2.27. The molecule has 0 heterocycles. The molecule has 0 radical (unpaired) electrons. The van der Waals surface area contributed by atoms with Crippen LogP contribution in [0.25, 0.3) is 0 Å². The van der Waals surface area contributed by atoms with Gasteiger partial charge in [0.15, 0.2) is 0 Å². The number of hydrogen-bond donors (Lipinski definition) is 2. The van der Waals surface area contributed by atoms with Gasteiger partial charge in [0.05, 0.1) is 11.4 Å². The minimum Gasteiger partial charge on any atom is -0.354 e. The molecule has 0 aliphatic heterocycles. The molecule has 7 nitrogen and oxygen atoms in total. The van der Waals surface area contributed by atoms with Crippen molar-refractivity contribution in [2.24, 2.45) is 0 Å². The van der Waals surface area contributed by atoms with Gasteiger partial charge in [-0.1, -0.05) is 43.3 Å².